The highest BCUT2D eigenvalue weighted by atomic mass is 35.5. The van der Waals surface area contributed by atoms with E-state index in [0.29, 0.717) is 27.9 Å². The Morgan fingerprint density at radius 3 is 2.57 bits per heavy atom. The number of benzene rings is 1. The van der Waals surface area contributed by atoms with E-state index in [-0.39, 0.29) is 17.2 Å². The largest absolute Gasteiger partial charge is 0.465 e. The minimum absolute atomic E-state index is 0.0546. The first-order valence-corrected chi connectivity index (χ1v) is 12.4. The van der Waals surface area contributed by atoms with E-state index in [1.165, 1.54) is 37.6 Å². The molecule has 35 heavy (non-hydrogen) atoms. The van der Waals surface area contributed by atoms with Crippen molar-refractivity contribution in [3.05, 3.63) is 53.1 Å². The Hall–Kier alpha value is -3.38. The van der Waals surface area contributed by atoms with Gasteiger partial charge in [-0.05, 0) is 39.0 Å². The summed E-state index contributed by atoms with van der Waals surface area (Å²) >= 11 is 5.83. The molecule has 1 aliphatic heterocycles. The number of rotatable bonds is 3. The van der Waals surface area contributed by atoms with Crippen LogP contribution >= 0.6 is 11.6 Å². The first-order chi connectivity index (χ1) is 16.4. The number of carboxylic acid groups (broad SMARTS) is 1. The maximum Gasteiger partial charge on any atom is 0.410 e. The number of aliphatic imine (C=N–C) groups is 1. The average Bonchev–Trinajstić information content (AvgIpc) is 3.28. The molecule has 0 aliphatic carbocycles. The summed E-state index contributed by atoms with van der Waals surface area (Å²) in [4.78, 5) is 24.2. The van der Waals surface area contributed by atoms with Crippen LogP contribution in [0.2, 0.25) is 5.02 Å². The molecule has 0 saturated heterocycles. The van der Waals surface area contributed by atoms with E-state index in [1.54, 1.807) is 26.8 Å². The van der Waals surface area contributed by atoms with Crippen molar-refractivity contribution in [3.8, 4) is 22.8 Å². The summed E-state index contributed by atoms with van der Waals surface area (Å²) < 4.78 is 37.3. The highest BCUT2D eigenvalue weighted by Gasteiger charge is 2.49. The smallest absolute Gasteiger partial charge is 0.410 e. The molecule has 1 aliphatic rings. The monoisotopic (exact) mass is 520 g/mol. The number of nitrogens with zero attached hydrogens (tertiary/aromatic N) is 5. The zero-order valence-corrected chi connectivity index (χ0v) is 20.8. The molecule has 0 radical (unpaired) electrons. The van der Waals surface area contributed by atoms with Crippen LogP contribution < -0.4 is 5.32 Å². The molecule has 3 heterocycles. The minimum atomic E-state index is -3.05. The van der Waals surface area contributed by atoms with Crippen LogP contribution in [0.3, 0.4) is 0 Å². The molecule has 2 aromatic heterocycles. The van der Waals surface area contributed by atoms with Crippen molar-refractivity contribution in [2.45, 2.75) is 31.1 Å². The number of aromatic nitrogens is 3. The summed E-state index contributed by atoms with van der Waals surface area (Å²) in [6, 6.07) is 5.85. The van der Waals surface area contributed by atoms with Crippen molar-refractivity contribution < 1.29 is 23.0 Å². The summed E-state index contributed by atoms with van der Waals surface area (Å²) in [5, 5.41) is 15.9. The summed E-state index contributed by atoms with van der Waals surface area (Å²) in [5.74, 6) is -0.164. The zero-order chi connectivity index (χ0) is 25.6. The van der Waals surface area contributed by atoms with E-state index >= 15 is 4.39 Å². The van der Waals surface area contributed by atoms with E-state index in [2.05, 4.69) is 29.8 Å². The topological polar surface area (TPSA) is 143 Å². The van der Waals surface area contributed by atoms with Crippen molar-refractivity contribution in [3.63, 3.8) is 0 Å². The molecule has 0 spiro atoms. The Balaban J connectivity index is 1.81. The second-order valence-electron chi connectivity index (χ2n) is 8.64. The second kappa shape index (κ2) is 8.68. The summed E-state index contributed by atoms with van der Waals surface area (Å²) in [6.07, 6.45) is 1.49. The van der Waals surface area contributed by atoms with Crippen LogP contribution in [0, 0.1) is 5.82 Å². The fourth-order valence-corrected chi connectivity index (χ4v) is 6.31. The molecule has 2 N–H and O–H groups in total. The lowest BCUT2D eigenvalue weighted by molar-refractivity contribution is 0.199. The molecule has 13 heteroatoms. The number of hydrogen-bond donors (Lipinski definition) is 2. The van der Waals surface area contributed by atoms with E-state index < -0.39 is 31.9 Å². The van der Waals surface area contributed by atoms with Gasteiger partial charge in [0.2, 0.25) is 0 Å². The van der Waals surface area contributed by atoms with Crippen LogP contribution in [0.4, 0.5) is 9.18 Å². The zero-order valence-electron chi connectivity index (χ0n) is 19.2. The Morgan fingerprint density at radius 1 is 1.26 bits per heavy atom. The van der Waals surface area contributed by atoms with E-state index in [9.17, 15) is 14.1 Å². The molecule has 3 aromatic rings. The first-order valence-electron chi connectivity index (χ1n) is 10.4. The van der Waals surface area contributed by atoms with Gasteiger partial charge in [-0.1, -0.05) is 16.8 Å². The molecule has 0 fully saturated rings. The van der Waals surface area contributed by atoms with Crippen molar-refractivity contribution in [2.75, 3.05) is 12.8 Å². The van der Waals surface area contributed by atoms with Crippen LogP contribution in [0.15, 0.2) is 50.5 Å². The number of amidine groups is 1. The van der Waals surface area contributed by atoms with Gasteiger partial charge in [-0.25, -0.2) is 27.7 Å². The highest BCUT2D eigenvalue weighted by Crippen LogP contribution is 2.40. The van der Waals surface area contributed by atoms with E-state index in [1.807, 2.05) is 0 Å². The van der Waals surface area contributed by atoms with Crippen molar-refractivity contribution in [1.82, 2.24) is 20.4 Å². The Morgan fingerprint density at radius 2 is 1.94 bits per heavy atom. The molecule has 0 bridgehead atoms. The Bertz CT molecular complexity index is 1460. The average molecular weight is 521 g/mol. The summed E-state index contributed by atoms with van der Waals surface area (Å²) in [7, 11) is -1.65. The van der Waals surface area contributed by atoms with Gasteiger partial charge in [0.1, 0.15) is 21.9 Å². The van der Waals surface area contributed by atoms with Gasteiger partial charge in [-0.15, -0.1) is 0 Å². The number of carbonyl (C=O) groups is 1. The highest BCUT2D eigenvalue weighted by molar-refractivity contribution is 7.95. The molecule has 4 rings (SSSR count). The lowest BCUT2D eigenvalue weighted by Crippen LogP contribution is -2.57. The van der Waals surface area contributed by atoms with Gasteiger partial charge in [-0.3, -0.25) is 10.3 Å². The third kappa shape index (κ3) is 4.39. The third-order valence-corrected chi connectivity index (χ3v) is 9.44. The Kier molecular flexibility index (Phi) is 6.14. The fraction of sp³-hybridized carbons (Fsp3) is 0.318. The van der Waals surface area contributed by atoms with Crippen LogP contribution in [0.1, 0.15) is 26.3 Å². The van der Waals surface area contributed by atoms with Crippen molar-refractivity contribution in [2.24, 2.45) is 9.36 Å². The maximum atomic E-state index is 15.2. The molecule has 1 aromatic carbocycles. The van der Waals surface area contributed by atoms with Crippen LogP contribution in [0.5, 0.6) is 0 Å². The van der Waals surface area contributed by atoms with Crippen LogP contribution in [-0.4, -0.2) is 53.9 Å². The number of halogens is 2. The van der Waals surface area contributed by atoms with E-state index in [0.717, 1.165) is 0 Å². The lowest BCUT2D eigenvalue weighted by Gasteiger charge is -2.41. The van der Waals surface area contributed by atoms with Crippen LogP contribution in [0.25, 0.3) is 22.8 Å². The molecular formula is C22H22ClFN6O4S. The number of nitrogens with one attached hydrogen (secondary N) is 1. The maximum absolute atomic E-state index is 15.2. The normalized spacial score (nSPS) is 23.4. The second-order valence-corrected chi connectivity index (χ2v) is 12.0. The summed E-state index contributed by atoms with van der Waals surface area (Å²) in [5.41, 5.74) is -0.450. The SMILES string of the molecule is CN=[S@@]1(=O)C[C@@](C)(c2cc(-c3cc(-c4ncc(Cl)cn4)no3)ccc2F)N=C(NC(=O)O)C1(C)C. The van der Waals surface area contributed by atoms with Crippen LogP contribution in [-0.2, 0) is 15.3 Å². The van der Waals surface area contributed by atoms with E-state index in [4.69, 9.17) is 16.1 Å². The predicted molar refractivity (Wildman–Crippen MR) is 129 cm³/mol. The van der Waals surface area contributed by atoms with Gasteiger partial charge < -0.3 is 9.63 Å². The number of hydrogen-bond acceptors (Lipinski definition) is 8. The van der Waals surface area contributed by atoms with Gasteiger partial charge >= 0.3 is 6.09 Å². The van der Waals surface area contributed by atoms with Gasteiger partial charge in [0.15, 0.2) is 17.3 Å². The molecule has 10 nitrogen and oxygen atoms in total. The molecule has 2 atom stereocenters. The lowest BCUT2D eigenvalue weighted by atomic mass is 9.91. The molecule has 1 amide bonds. The van der Waals surface area contributed by atoms with Crippen molar-refractivity contribution >= 4 is 33.3 Å². The molecule has 184 valence electrons. The van der Waals surface area contributed by atoms with Gasteiger partial charge in [0.05, 0.1) is 20.5 Å². The fourth-order valence-electron chi connectivity index (χ4n) is 3.89. The first kappa shape index (κ1) is 24.7. The minimum Gasteiger partial charge on any atom is -0.465 e. The Labute approximate surface area is 205 Å². The van der Waals surface area contributed by atoms with Gasteiger partial charge in [-0.2, -0.15) is 0 Å². The molecule has 0 saturated carbocycles. The third-order valence-electron chi connectivity index (χ3n) is 5.91. The number of amides is 1. The quantitative estimate of drug-likeness (QED) is 0.522. The standard InChI is InChI=1S/C22H22ClFN6O4S/c1-21(2)19(28-20(31)32)29-22(3,11-35(21,33)25-4)14-7-12(5-6-15(14)24)17-8-16(30-34-17)18-26-9-13(23)10-27-18/h5-10H,11H2,1-4H3,(H,28,29)(H,31,32)/t22-,35+/m0/s1. The van der Waals surface area contributed by atoms with Gasteiger partial charge in [0, 0.05) is 36.6 Å². The van der Waals surface area contributed by atoms with Gasteiger partial charge in [0.25, 0.3) is 0 Å². The molecule has 0 unspecified atom stereocenters. The molecular weight excluding hydrogens is 499 g/mol. The predicted octanol–water partition coefficient (Wildman–Crippen LogP) is 4.36. The summed E-state index contributed by atoms with van der Waals surface area (Å²) in [6.45, 7) is 4.78. The van der Waals surface area contributed by atoms with Crippen molar-refractivity contribution in [1.29, 1.82) is 0 Å².